The summed E-state index contributed by atoms with van der Waals surface area (Å²) in [5.41, 5.74) is 1.71. The van der Waals surface area contributed by atoms with Gasteiger partial charge in [0.15, 0.2) is 6.29 Å². The first-order valence-corrected chi connectivity index (χ1v) is 7.83. The van der Waals surface area contributed by atoms with E-state index in [1.807, 2.05) is 18.2 Å². The van der Waals surface area contributed by atoms with E-state index >= 15 is 0 Å². The summed E-state index contributed by atoms with van der Waals surface area (Å²) < 4.78 is 0.991. The third kappa shape index (κ3) is 3.45. The largest absolute Gasteiger partial charge is 0.363 e. The molecule has 0 atom stereocenters. The number of aldehydes is 1. The van der Waals surface area contributed by atoms with E-state index in [9.17, 15) is 4.79 Å². The van der Waals surface area contributed by atoms with Crippen molar-refractivity contribution in [1.29, 1.82) is 0 Å². The second kappa shape index (κ2) is 6.35. The van der Waals surface area contributed by atoms with Gasteiger partial charge < -0.3 is 4.90 Å². The van der Waals surface area contributed by atoms with Crippen LogP contribution in [0.5, 0.6) is 0 Å². The zero-order valence-electron chi connectivity index (χ0n) is 11.0. The van der Waals surface area contributed by atoms with Gasteiger partial charge in [0.2, 0.25) is 0 Å². The molecular formula is C15H16BrNOS. The van der Waals surface area contributed by atoms with Gasteiger partial charge in [-0.3, -0.25) is 4.79 Å². The van der Waals surface area contributed by atoms with E-state index in [1.54, 1.807) is 11.3 Å². The Kier molecular flexibility index (Phi) is 4.77. The summed E-state index contributed by atoms with van der Waals surface area (Å²) in [6.07, 6.45) is 0.922. The molecule has 1 aromatic heterocycles. The Balaban J connectivity index is 2.38. The Morgan fingerprint density at radius 2 is 2.16 bits per heavy atom. The van der Waals surface area contributed by atoms with E-state index in [-0.39, 0.29) is 0 Å². The summed E-state index contributed by atoms with van der Waals surface area (Å²) in [5.74, 6) is 0. The third-order valence-electron chi connectivity index (χ3n) is 2.96. The van der Waals surface area contributed by atoms with Crippen LogP contribution in [0.25, 0.3) is 0 Å². The Labute approximate surface area is 126 Å². The molecule has 0 saturated carbocycles. The van der Waals surface area contributed by atoms with Gasteiger partial charge in [0.05, 0.1) is 6.54 Å². The zero-order valence-corrected chi connectivity index (χ0v) is 13.4. The van der Waals surface area contributed by atoms with Crippen molar-refractivity contribution in [2.45, 2.75) is 26.4 Å². The third-order valence-corrected chi connectivity index (χ3v) is 4.31. The molecule has 0 N–H and O–H groups in total. The molecule has 0 saturated heterocycles. The molecular weight excluding hydrogens is 322 g/mol. The van der Waals surface area contributed by atoms with Crippen LogP contribution in [0, 0.1) is 0 Å². The number of anilines is 1. The summed E-state index contributed by atoms with van der Waals surface area (Å²) >= 11 is 5.22. The van der Waals surface area contributed by atoms with Gasteiger partial charge in [-0.05, 0) is 43.5 Å². The normalized spacial score (nSPS) is 10.7. The van der Waals surface area contributed by atoms with Crippen LogP contribution in [0.4, 0.5) is 5.69 Å². The number of thiophene rings is 1. The van der Waals surface area contributed by atoms with Gasteiger partial charge in [0.25, 0.3) is 0 Å². The van der Waals surface area contributed by atoms with Gasteiger partial charge in [-0.1, -0.05) is 22.0 Å². The van der Waals surface area contributed by atoms with Crippen LogP contribution in [-0.2, 0) is 6.54 Å². The van der Waals surface area contributed by atoms with Gasteiger partial charge in [-0.2, -0.15) is 0 Å². The van der Waals surface area contributed by atoms with Gasteiger partial charge >= 0.3 is 0 Å². The van der Waals surface area contributed by atoms with Gasteiger partial charge in [-0.25, -0.2) is 0 Å². The highest BCUT2D eigenvalue weighted by Crippen LogP contribution is 2.28. The summed E-state index contributed by atoms with van der Waals surface area (Å²) in [5, 5.41) is 2.08. The molecule has 0 amide bonds. The molecule has 0 aliphatic heterocycles. The maximum atomic E-state index is 11.2. The average molecular weight is 338 g/mol. The molecule has 100 valence electrons. The number of nitrogens with zero attached hydrogens (tertiary/aromatic N) is 1. The van der Waals surface area contributed by atoms with Crippen LogP contribution in [-0.4, -0.2) is 12.3 Å². The number of carbonyl (C=O) groups is 1. The van der Waals surface area contributed by atoms with Crippen molar-refractivity contribution in [2.75, 3.05) is 4.90 Å². The molecule has 0 radical (unpaired) electrons. The van der Waals surface area contributed by atoms with Crippen LogP contribution in [0.2, 0.25) is 0 Å². The highest BCUT2D eigenvalue weighted by atomic mass is 79.9. The predicted octanol–water partition coefficient (Wildman–Crippen LogP) is 4.74. The number of hydrogen-bond acceptors (Lipinski definition) is 3. The van der Waals surface area contributed by atoms with E-state index in [0.29, 0.717) is 6.04 Å². The van der Waals surface area contributed by atoms with Crippen LogP contribution in [0.15, 0.2) is 40.2 Å². The summed E-state index contributed by atoms with van der Waals surface area (Å²) in [4.78, 5) is 14.8. The molecule has 2 rings (SSSR count). The van der Waals surface area contributed by atoms with Gasteiger partial charge in [0, 0.05) is 26.6 Å². The zero-order chi connectivity index (χ0) is 13.8. The number of benzene rings is 1. The van der Waals surface area contributed by atoms with Crippen molar-refractivity contribution in [3.05, 3.63) is 50.6 Å². The molecule has 0 bridgehead atoms. The molecule has 1 aromatic carbocycles. The lowest BCUT2D eigenvalue weighted by Gasteiger charge is -2.30. The second-order valence-corrected chi connectivity index (χ2v) is 6.57. The quantitative estimate of drug-likeness (QED) is 0.734. The Hall–Kier alpha value is -1.13. The SMILES string of the molecule is CC(C)N(Cc1cccs1)c1cc(Br)ccc1C=O. The highest BCUT2D eigenvalue weighted by Gasteiger charge is 2.15. The lowest BCUT2D eigenvalue weighted by molar-refractivity contribution is 0.112. The van der Waals surface area contributed by atoms with Gasteiger partial charge in [0.1, 0.15) is 0 Å². The van der Waals surface area contributed by atoms with E-state index in [4.69, 9.17) is 0 Å². The molecule has 0 unspecified atom stereocenters. The standard InChI is InChI=1S/C15H16BrNOS/c1-11(2)17(9-14-4-3-7-19-14)15-8-13(16)6-5-12(15)10-18/h3-8,10-11H,9H2,1-2H3. The Bertz CT molecular complexity index is 551. The first-order chi connectivity index (χ1) is 9.11. The summed E-state index contributed by atoms with van der Waals surface area (Å²) in [7, 11) is 0. The summed E-state index contributed by atoms with van der Waals surface area (Å²) in [6.45, 7) is 5.11. The second-order valence-electron chi connectivity index (χ2n) is 4.62. The molecule has 0 aliphatic rings. The van der Waals surface area contributed by atoms with Crippen molar-refractivity contribution in [3.63, 3.8) is 0 Å². The van der Waals surface area contributed by atoms with E-state index in [2.05, 4.69) is 52.2 Å². The van der Waals surface area contributed by atoms with Crippen LogP contribution < -0.4 is 4.90 Å². The maximum Gasteiger partial charge on any atom is 0.152 e. The molecule has 4 heteroatoms. The number of rotatable bonds is 5. The van der Waals surface area contributed by atoms with E-state index < -0.39 is 0 Å². The molecule has 0 spiro atoms. The number of carbonyl (C=O) groups excluding carboxylic acids is 1. The minimum atomic E-state index is 0.329. The lowest BCUT2D eigenvalue weighted by Crippen LogP contribution is -2.30. The van der Waals surface area contributed by atoms with Crippen molar-refractivity contribution < 1.29 is 4.79 Å². The van der Waals surface area contributed by atoms with Gasteiger partial charge in [-0.15, -0.1) is 11.3 Å². The van der Waals surface area contributed by atoms with Crippen molar-refractivity contribution in [3.8, 4) is 0 Å². The highest BCUT2D eigenvalue weighted by molar-refractivity contribution is 9.10. The molecule has 19 heavy (non-hydrogen) atoms. The fourth-order valence-electron chi connectivity index (χ4n) is 1.98. The van der Waals surface area contributed by atoms with Crippen LogP contribution in [0.3, 0.4) is 0 Å². The first kappa shape index (κ1) is 14.3. The van der Waals surface area contributed by atoms with E-state index in [1.165, 1.54) is 4.88 Å². The lowest BCUT2D eigenvalue weighted by atomic mass is 10.1. The number of halogens is 1. The maximum absolute atomic E-state index is 11.2. The minimum Gasteiger partial charge on any atom is -0.363 e. The minimum absolute atomic E-state index is 0.329. The fraction of sp³-hybridized carbons (Fsp3) is 0.267. The first-order valence-electron chi connectivity index (χ1n) is 6.15. The monoisotopic (exact) mass is 337 g/mol. The van der Waals surface area contributed by atoms with E-state index in [0.717, 1.165) is 28.6 Å². The van der Waals surface area contributed by atoms with Crippen molar-refractivity contribution >= 4 is 39.2 Å². The molecule has 2 aromatic rings. The molecule has 0 fully saturated rings. The molecule has 0 aliphatic carbocycles. The fourth-order valence-corrected chi connectivity index (χ4v) is 3.03. The van der Waals surface area contributed by atoms with Crippen molar-refractivity contribution in [2.24, 2.45) is 0 Å². The smallest absolute Gasteiger partial charge is 0.152 e. The Morgan fingerprint density at radius 1 is 1.37 bits per heavy atom. The number of hydrogen-bond donors (Lipinski definition) is 0. The van der Waals surface area contributed by atoms with Crippen molar-refractivity contribution in [1.82, 2.24) is 0 Å². The predicted molar refractivity (Wildman–Crippen MR) is 85.2 cm³/mol. The molecule has 2 nitrogen and oxygen atoms in total. The summed E-state index contributed by atoms with van der Waals surface area (Å²) in [6, 6.07) is 10.3. The topological polar surface area (TPSA) is 20.3 Å². The van der Waals surface area contributed by atoms with Crippen LogP contribution >= 0.6 is 27.3 Å². The average Bonchev–Trinajstić information content (AvgIpc) is 2.88. The Morgan fingerprint density at radius 3 is 2.74 bits per heavy atom. The van der Waals surface area contributed by atoms with Crippen LogP contribution in [0.1, 0.15) is 29.1 Å². The molecule has 1 heterocycles.